The van der Waals surface area contributed by atoms with Gasteiger partial charge in [-0.3, -0.25) is 9.53 Å². The molecule has 0 spiro atoms. The number of nitrogens with one attached hydrogen (secondary N) is 1. The summed E-state index contributed by atoms with van der Waals surface area (Å²) in [5.41, 5.74) is 1.40. The Morgan fingerprint density at radius 1 is 1.21 bits per heavy atom. The first kappa shape index (κ1) is 30.0. The van der Waals surface area contributed by atoms with Crippen LogP contribution in [0.5, 0.6) is 0 Å². The Morgan fingerprint density at radius 2 is 1.89 bits per heavy atom. The van der Waals surface area contributed by atoms with Gasteiger partial charge in [0.05, 0.1) is 17.4 Å². The number of anilines is 1. The average Bonchev–Trinajstić information content (AvgIpc) is 3.66. The van der Waals surface area contributed by atoms with Gasteiger partial charge in [-0.25, -0.2) is 9.59 Å². The van der Waals surface area contributed by atoms with Crippen LogP contribution in [0.2, 0.25) is 5.02 Å². The van der Waals surface area contributed by atoms with Crippen molar-refractivity contribution < 1.29 is 33.3 Å². The minimum absolute atomic E-state index is 0.0323. The van der Waals surface area contributed by atoms with Crippen molar-refractivity contribution in [1.82, 2.24) is 4.90 Å². The van der Waals surface area contributed by atoms with Gasteiger partial charge < -0.3 is 24.4 Å². The fraction of sp³-hybridized carbons (Fsp3) is 0.462. The summed E-state index contributed by atoms with van der Waals surface area (Å²) in [6.45, 7) is 7.37. The lowest BCUT2D eigenvalue weighted by molar-refractivity contribution is 0.0283. The lowest BCUT2D eigenvalue weighted by Crippen LogP contribution is -2.34. The summed E-state index contributed by atoms with van der Waals surface area (Å²) < 4.78 is 23.8. The van der Waals surface area contributed by atoms with E-state index in [-0.39, 0.29) is 29.8 Å². The third-order valence-electron chi connectivity index (χ3n) is 5.78. The van der Waals surface area contributed by atoms with Crippen molar-refractivity contribution >= 4 is 52.9 Å². The fourth-order valence-electron chi connectivity index (χ4n) is 3.65. The largest absolute Gasteiger partial charge is 0.488 e. The zero-order valence-electron chi connectivity index (χ0n) is 22.2. The van der Waals surface area contributed by atoms with Gasteiger partial charge in [0.25, 0.3) is 0 Å². The van der Waals surface area contributed by atoms with Crippen LogP contribution in [0.4, 0.5) is 15.3 Å². The highest BCUT2D eigenvalue weighted by Gasteiger charge is 2.31. The second kappa shape index (κ2) is 12.5. The molecule has 1 aliphatic rings. The molecule has 2 amide bonds. The molecule has 2 aromatic carbocycles. The van der Waals surface area contributed by atoms with Crippen LogP contribution in [0.3, 0.4) is 0 Å². The van der Waals surface area contributed by atoms with Crippen LogP contribution in [0.15, 0.2) is 41.3 Å². The van der Waals surface area contributed by atoms with Crippen LogP contribution < -0.4 is 10.8 Å². The quantitative estimate of drug-likeness (QED) is 0.393. The van der Waals surface area contributed by atoms with E-state index in [0.717, 1.165) is 12.8 Å². The van der Waals surface area contributed by atoms with E-state index in [2.05, 4.69) is 5.32 Å². The van der Waals surface area contributed by atoms with Gasteiger partial charge in [-0.15, -0.1) is 0 Å². The Labute approximate surface area is 231 Å². The predicted molar refractivity (Wildman–Crippen MR) is 148 cm³/mol. The molecule has 0 bridgehead atoms. The van der Waals surface area contributed by atoms with Gasteiger partial charge in [-0.1, -0.05) is 30.7 Å². The monoisotopic (exact) mass is 564 g/mol. The summed E-state index contributed by atoms with van der Waals surface area (Å²) in [5, 5.41) is 21.7. The highest BCUT2D eigenvalue weighted by Crippen LogP contribution is 2.33. The van der Waals surface area contributed by atoms with Gasteiger partial charge in [-0.2, -0.15) is 0 Å². The second-order valence-electron chi connectivity index (χ2n) is 10.4. The molecule has 2 aromatic rings. The highest BCUT2D eigenvalue weighted by molar-refractivity contribution is 7.86. The molecule has 3 rings (SSSR count). The molecule has 0 saturated heterocycles. The first-order chi connectivity index (χ1) is 17.7. The molecule has 12 heteroatoms. The summed E-state index contributed by atoms with van der Waals surface area (Å²) in [7, 11) is -1.23. The molecular formula is C26H34BClN2O7S. The molecule has 9 nitrogen and oxygen atoms in total. The van der Waals surface area contributed by atoms with Crippen molar-refractivity contribution in [1.29, 1.82) is 0 Å². The number of benzene rings is 2. The Kier molecular flexibility index (Phi) is 9.86. The van der Waals surface area contributed by atoms with Crippen LogP contribution >= 0.6 is 11.6 Å². The zero-order chi connectivity index (χ0) is 28.2. The Morgan fingerprint density at radius 3 is 2.47 bits per heavy atom. The van der Waals surface area contributed by atoms with Gasteiger partial charge in [0.1, 0.15) is 5.60 Å². The zero-order valence-corrected chi connectivity index (χ0v) is 23.8. The number of amides is 2. The molecule has 3 N–H and O–H groups in total. The molecule has 206 valence electrons. The molecule has 38 heavy (non-hydrogen) atoms. The first-order valence-electron chi connectivity index (χ1n) is 12.3. The van der Waals surface area contributed by atoms with E-state index in [0.29, 0.717) is 26.7 Å². The number of rotatable bonds is 9. The molecule has 2 unspecified atom stereocenters. The predicted octanol–water partition coefficient (Wildman–Crippen LogP) is 4.01. The Balaban J connectivity index is 1.68. The molecule has 0 aliphatic heterocycles. The van der Waals surface area contributed by atoms with Gasteiger partial charge in [0.15, 0.2) is 0 Å². The molecule has 1 aliphatic carbocycles. The van der Waals surface area contributed by atoms with E-state index in [4.69, 9.17) is 21.1 Å². The Hall–Kier alpha value is -2.60. The van der Waals surface area contributed by atoms with Crippen molar-refractivity contribution in [2.75, 3.05) is 19.0 Å². The van der Waals surface area contributed by atoms with Crippen LogP contribution in [-0.2, 0) is 26.8 Å². The summed E-state index contributed by atoms with van der Waals surface area (Å²) in [5.74, 6) is -0.250. The summed E-state index contributed by atoms with van der Waals surface area (Å²) in [6.07, 6.45) is 0.600. The van der Waals surface area contributed by atoms with Crippen molar-refractivity contribution in [3.05, 3.63) is 52.5 Å². The number of hydrogen-bond donors (Lipinski definition) is 3. The van der Waals surface area contributed by atoms with Crippen molar-refractivity contribution in [3.8, 4) is 0 Å². The molecule has 0 heterocycles. The van der Waals surface area contributed by atoms with Crippen LogP contribution in [0.1, 0.15) is 57.6 Å². The minimum Gasteiger partial charge on any atom is -0.449 e. The molecule has 0 radical (unpaired) electrons. The van der Waals surface area contributed by atoms with E-state index in [1.54, 1.807) is 58.2 Å². The summed E-state index contributed by atoms with van der Waals surface area (Å²) >= 11 is 6.26. The maximum Gasteiger partial charge on any atom is 0.488 e. The third kappa shape index (κ3) is 8.46. The lowest BCUT2D eigenvalue weighted by Gasteiger charge is -2.25. The number of halogens is 1. The Bertz CT molecular complexity index is 1200. The van der Waals surface area contributed by atoms with Gasteiger partial charge >= 0.3 is 19.3 Å². The van der Waals surface area contributed by atoms with Crippen LogP contribution in [0.25, 0.3) is 0 Å². The third-order valence-corrected chi connectivity index (χ3v) is 8.02. The number of carbonyl (C=O) groups excluding carboxylic acids is 2. The van der Waals surface area contributed by atoms with Gasteiger partial charge in [0.2, 0.25) is 0 Å². The maximum absolute atomic E-state index is 13.0. The first-order valence-corrected chi connectivity index (χ1v) is 13.9. The van der Waals surface area contributed by atoms with Crippen LogP contribution in [0, 0.1) is 0 Å². The molecule has 1 fully saturated rings. The summed E-state index contributed by atoms with van der Waals surface area (Å²) in [4.78, 5) is 27.1. The van der Waals surface area contributed by atoms with E-state index in [9.17, 15) is 23.8 Å². The lowest BCUT2D eigenvalue weighted by atomic mass is 9.79. The number of carbonyl (C=O) groups is 2. The van der Waals surface area contributed by atoms with E-state index in [1.807, 2.05) is 6.92 Å². The van der Waals surface area contributed by atoms with Crippen molar-refractivity contribution in [2.24, 2.45) is 0 Å². The topological polar surface area (TPSA) is 125 Å². The van der Waals surface area contributed by atoms with Gasteiger partial charge in [-0.05, 0) is 74.5 Å². The fourth-order valence-corrected chi connectivity index (χ4v) is 5.53. The molecule has 0 aromatic heterocycles. The van der Waals surface area contributed by atoms with E-state index >= 15 is 0 Å². The standard InChI is InChI=1S/C26H34BClN2O7S/c1-16(21-10-6-18(27(33)34)13-22(21)28)15-36-24(31)29-19-7-11-23(38(35)20-8-9-20)17(12-19)14-30(5)25(32)37-26(2,3)4/h6-7,10-13,16,20,33-34H,8-9,14-15H2,1-5H3,(H,29,31). The number of nitrogens with zero attached hydrogens (tertiary/aromatic N) is 1. The van der Waals surface area contributed by atoms with E-state index < -0.39 is 35.7 Å². The highest BCUT2D eigenvalue weighted by atomic mass is 35.5. The number of ether oxygens (including phenoxy) is 2. The molecule has 2 atom stereocenters. The second-order valence-corrected chi connectivity index (χ2v) is 12.5. The summed E-state index contributed by atoms with van der Waals surface area (Å²) in [6, 6.07) is 9.73. The molecular weight excluding hydrogens is 531 g/mol. The average molecular weight is 565 g/mol. The maximum atomic E-state index is 13.0. The van der Waals surface area contributed by atoms with E-state index in [1.165, 1.54) is 11.0 Å². The normalized spacial score (nSPS) is 14.8. The molecule has 1 saturated carbocycles. The SMILES string of the molecule is CC(COC(=O)Nc1ccc(S(=O)C2CC2)c(CN(C)C(=O)OC(C)(C)C)c1)c1ccc(B(O)O)cc1Cl. The van der Waals surface area contributed by atoms with Crippen molar-refractivity contribution in [2.45, 2.75) is 68.7 Å². The number of hydrogen-bond acceptors (Lipinski definition) is 7. The van der Waals surface area contributed by atoms with Crippen LogP contribution in [-0.4, -0.2) is 63.0 Å². The smallest absolute Gasteiger partial charge is 0.449 e. The van der Waals surface area contributed by atoms with Crippen molar-refractivity contribution in [3.63, 3.8) is 0 Å². The minimum atomic E-state index is -1.62. The van der Waals surface area contributed by atoms with Gasteiger partial charge in [0, 0.05) is 40.4 Å².